The first-order valence-corrected chi connectivity index (χ1v) is 5.38. The van der Waals surface area contributed by atoms with Gasteiger partial charge in [-0.2, -0.15) is 5.10 Å². The van der Waals surface area contributed by atoms with Crippen molar-refractivity contribution in [3.05, 3.63) is 29.3 Å². The minimum absolute atomic E-state index is 0.215. The summed E-state index contributed by atoms with van der Waals surface area (Å²) in [5.41, 5.74) is 9.28. The molecule has 2 heterocycles. The highest BCUT2D eigenvalue weighted by atomic mass is 16.5. The first-order valence-electron chi connectivity index (χ1n) is 5.38. The van der Waals surface area contributed by atoms with Crippen molar-refractivity contribution in [2.45, 2.75) is 13.2 Å². The van der Waals surface area contributed by atoms with Crippen LogP contribution < -0.4 is 5.73 Å². The number of aryl methyl sites for hydroxylation is 1. The third kappa shape index (κ3) is 1.47. The fraction of sp³-hybridized carbons (Fsp3) is 0.250. The number of phenolic OH excluding ortho intramolecular Hbond substituents is 1. The van der Waals surface area contributed by atoms with Gasteiger partial charge in [0, 0.05) is 18.7 Å². The van der Waals surface area contributed by atoms with Crippen LogP contribution in [0.1, 0.15) is 11.1 Å². The van der Waals surface area contributed by atoms with Gasteiger partial charge in [0.25, 0.3) is 0 Å². The minimum Gasteiger partial charge on any atom is -0.507 e. The molecule has 0 unspecified atom stereocenters. The van der Waals surface area contributed by atoms with Crippen LogP contribution in [0.5, 0.6) is 5.75 Å². The normalized spacial score (nSPS) is 13.9. The Bertz CT molecular complexity index is 570. The summed E-state index contributed by atoms with van der Waals surface area (Å²) in [4.78, 5) is 0. The van der Waals surface area contributed by atoms with E-state index in [0.717, 1.165) is 16.7 Å². The summed E-state index contributed by atoms with van der Waals surface area (Å²) >= 11 is 0. The second-order valence-electron chi connectivity index (χ2n) is 4.17. The van der Waals surface area contributed by atoms with Crippen molar-refractivity contribution in [2.24, 2.45) is 7.05 Å². The number of nitrogens with two attached hydrogens (primary N) is 1. The standard InChI is InChI=1S/C12H13N3O2/c1-15-11(13)4-9(14-15)12-8-6-17-5-7(8)2-3-10(12)16/h2-4,16H,5-6,13H2,1H3. The maximum atomic E-state index is 9.98. The van der Waals surface area contributed by atoms with Crippen molar-refractivity contribution in [1.82, 2.24) is 9.78 Å². The second-order valence-corrected chi connectivity index (χ2v) is 4.17. The lowest BCUT2D eigenvalue weighted by Gasteiger charge is -2.06. The molecule has 0 spiro atoms. The van der Waals surface area contributed by atoms with E-state index in [-0.39, 0.29) is 5.75 Å². The smallest absolute Gasteiger partial charge is 0.125 e. The Labute approximate surface area is 98.4 Å². The third-order valence-electron chi connectivity index (χ3n) is 3.06. The quantitative estimate of drug-likeness (QED) is 0.778. The molecule has 2 aromatic rings. The molecular weight excluding hydrogens is 218 g/mol. The van der Waals surface area contributed by atoms with Gasteiger partial charge in [0.1, 0.15) is 11.6 Å². The van der Waals surface area contributed by atoms with Crippen LogP contribution in [0.25, 0.3) is 11.3 Å². The number of nitrogen functional groups attached to an aromatic ring is 1. The molecule has 1 aromatic carbocycles. The molecule has 0 saturated carbocycles. The van der Waals surface area contributed by atoms with E-state index < -0.39 is 0 Å². The lowest BCUT2D eigenvalue weighted by molar-refractivity contribution is 0.134. The zero-order valence-electron chi connectivity index (χ0n) is 9.47. The molecule has 1 aromatic heterocycles. The number of aromatic nitrogens is 2. The maximum Gasteiger partial charge on any atom is 0.125 e. The molecule has 0 amide bonds. The number of hydrogen-bond acceptors (Lipinski definition) is 4. The van der Waals surface area contributed by atoms with Crippen LogP contribution in [0, 0.1) is 0 Å². The highest BCUT2D eigenvalue weighted by molar-refractivity contribution is 5.74. The minimum atomic E-state index is 0.215. The number of fused-ring (bicyclic) bond motifs is 1. The molecule has 1 aliphatic rings. The Balaban J connectivity index is 2.23. The van der Waals surface area contributed by atoms with Gasteiger partial charge < -0.3 is 15.6 Å². The number of hydrogen-bond donors (Lipinski definition) is 2. The fourth-order valence-electron chi connectivity index (χ4n) is 2.13. The molecule has 0 radical (unpaired) electrons. The van der Waals surface area contributed by atoms with Crippen LogP contribution in [-0.4, -0.2) is 14.9 Å². The molecule has 0 fully saturated rings. The predicted octanol–water partition coefficient (Wildman–Crippen LogP) is 1.41. The van der Waals surface area contributed by atoms with Crippen molar-refractivity contribution in [3.8, 4) is 17.0 Å². The van der Waals surface area contributed by atoms with Gasteiger partial charge in [0.05, 0.1) is 18.9 Å². The van der Waals surface area contributed by atoms with Crippen LogP contribution in [0.4, 0.5) is 5.82 Å². The summed E-state index contributed by atoms with van der Waals surface area (Å²) in [7, 11) is 1.77. The Morgan fingerprint density at radius 3 is 2.94 bits per heavy atom. The van der Waals surface area contributed by atoms with Crippen molar-refractivity contribution in [3.63, 3.8) is 0 Å². The van der Waals surface area contributed by atoms with E-state index in [1.54, 1.807) is 23.9 Å². The summed E-state index contributed by atoms with van der Waals surface area (Å²) in [5.74, 6) is 0.781. The fourth-order valence-corrected chi connectivity index (χ4v) is 2.13. The number of anilines is 1. The summed E-state index contributed by atoms with van der Waals surface area (Å²) in [6, 6.07) is 5.31. The van der Waals surface area contributed by atoms with E-state index in [1.807, 2.05) is 6.07 Å². The first-order chi connectivity index (χ1) is 8.16. The van der Waals surface area contributed by atoms with Crippen LogP contribution >= 0.6 is 0 Å². The number of phenols is 1. The summed E-state index contributed by atoms with van der Waals surface area (Å²) in [5, 5.41) is 14.3. The molecule has 0 saturated heterocycles. The lowest BCUT2D eigenvalue weighted by atomic mass is 10.00. The van der Waals surface area contributed by atoms with Crippen LogP contribution in [0.2, 0.25) is 0 Å². The average molecular weight is 231 g/mol. The summed E-state index contributed by atoms with van der Waals surface area (Å²) in [6.45, 7) is 1.10. The average Bonchev–Trinajstić information content (AvgIpc) is 2.86. The molecule has 5 nitrogen and oxygen atoms in total. The number of rotatable bonds is 1. The lowest BCUT2D eigenvalue weighted by Crippen LogP contribution is -1.97. The van der Waals surface area contributed by atoms with Crippen molar-refractivity contribution >= 4 is 5.82 Å². The van der Waals surface area contributed by atoms with Crippen LogP contribution in [0.3, 0.4) is 0 Å². The topological polar surface area (TPSA) is 73.3 Å². The van der Waals surface area contributed by atoms with Crippen molar-refractivity contribution < 1.29 is 9.84 Å². The van der Waals surface area contributed by atoms with E-state index in [9.17, 15) is 5.11 Å². The second kappa shape index (κ2) is 3.49. The maximum absolute atomic E-state index is 9.98. The molecule has 0 aliphatic carbocycles. The van der Waals surface area contributed by atoms with Gasteiger partial charge >= 0.3 is 0 Å². The third-order valence-corrected chi connectivity index (χ3v) is 3.06. The van der Waals surface area contributed by atoms with Gasteiger partial charge in [-0.05, 0) is 17.2 Å². The van der Waals surface area contributed by atoms with Crippen LogP contribution in [-0.2, 0) is 25.0 Å². The van der Waals surface area contributed by atoms with Gasteiger partial charge in [0.2, 0.25) is 0 Å². The number of aromatic hydroxyl groups is 1. The largest absolute Gasteiger partial charge is 0.507 e. The van der Waals surface area contributed by atoms with Gasteiger partial charge in [-0.1, -0.05) is 6.07 Å². The molecule has 88 valence electrons. The summed E-state index contributed by atoms with van der Waals surface area (Å²) < 4.78 is 6.98. The van der Waals surface area contributed by atoms with Crippen molar-refractivity contribution in [2.75, 3.05) is 5.73 Å². The SMILES string of the molecule is Cn1nc(-c2c(O)ccc3c2COC3)cc1N. The Kier molecular flexibility index (Phi) is 2.09. The summed E-state index contributed by atoms with van der Waals surface area (Å²) in [6.07, 6.45) is 0. The Morgan fingerprint density at radius 2 is 2.24 bits per heavy atom. The molecule has 17 heavy (non-hydrogen) atoms. The Morgan fingerprint density at radius 1 is 1.41 bits per heavy atom. The molecule has 0 bridgehead atoms. The van der Waals surface area contributed by atoms with Gasteiger partial charge in [-0.25, -0.2) is 0 Å². The highest BCUT2D eigenvalue weighted by Crippen LogP contribution is 2.37. The van der Waals surface area contributed by atoms with E-state index in [1.165, 1.54) is 0 Å². The van der Waals surface area contributed by atoms with Gasteiger partial charge in [-0.15, -0.1) is 0 Å². The number of benzene rings is 1. The molecular formula is C12H13N3O2. The zero-order chi connectivity index (χ0) is 12.0. The highest BCUT2D eigenvalue weighted by Gasteiger charge is 2.21. The van der Waals surface area contributed by atoms with Gasteiger partial charge in [-0.3, -0.25) is 4.68 Å². The molecule has 3 rings (SSSR count). The molecule has 5 heteroatoms. The zero-order valence-corrected chi connectivity index (χ0v) is 9.47. The van der Waals surface area contributed by atoms with E-state index in [2.05, 4.69) is 5.10 Å². The monoisotopic (exact) mass is 231 g/mol. The first kappa shape index (κ1) is 10.2. The molecule has 1 aliphatic heterocycles. The van der Waals surface area contributed by atoms with Crippen molar-refractivity contribution in [1.29, 1.82) is 0 Å². The number of nitrogens with zero attached hydrogens (tertiary/aromatic N) is 2. The van der Waals surface area contributed by atoms with E-state index >= 15 is 0 Å². The molecule has 3 N–H and O–H groups in total. The Hall–Kier alpha value is -2.01. The van der Waals surface area contributed by atoms with Gasteiger partial charge in [0.15, 0.2) is 0 Å². The predicted molar refractivity (Wildman–Crippen MR) is 63.2 cm³/mol. The van der Waals surface area contributed by atoms with E-state index in [0.29, 0.717) is 24.7 Å². The molecule has 0 atom stereocenters. The van der Waals surface area contributed by atoms with E-state index in [4.69, 9.17) is 10.5 Å². The van der Waals surface area contributed by atoms with Crippen LogP contribution in [0.15, 0.2) is 18.2 Å². The number of ether oxygens (including phenoxy) is 1.